The highest BCUT2D eigenvalue weighted by molar-refractivity contribution is 5.98. The molecule has 8 nitrogen and oxygen atoms in total. The maximum atomic E-state index is 9.76. The number of nitrogen functional groups attached to an aromatic ring is 2. The lowest BCUT2D eigenvalue weighted by Crippen LogP contribution is -2.11. The molecule has 0 aliphatic rings. The van der Waals surface area contributed by atoms with Crippen molar-refractivity contribution in [3.63, 3.8) is 0 Å². The molecular weight excluding hydrogens is 419 g/mol. The molecule has 0 radical (unpaired) electrons. The molecule has 0 heterocycles. The standard InChI is InChI=1S/C19H24N4O4.2ClH/c20-18(21)14-6-4-12(10-16(14)24)26-8-2-1-3-9-27-13-5-7-15(19(22)23)17(25)11-13;;/h4-7,10-11,24-25H,1-3,8-9H2,(H3,20,21)(H3,22,23);2*1H. The molecule has 2 aromatic rings. The summed E-state index contributed by atoms with van der Waals surface area (Å²) >= 11 is 0. The van der Waals surface area contributed by atoms with Crippen LogP contribution in [-0.2, 0) is 0 Å². The Morgan fingerprint density at radius 2 is 1.10 bits per heavy atom. The van der Waals surface area contributed by atoms with Crippen LogP contribution in [0.5, 0.6) is 23.0 Å². The predicted molar refractivity (Wildman–Crippen MR) is 118 cm³/mol. The molecular formula is C19H26Cl2N4O4. The minimum Gasteiger partial charge on any atom is -0.507 e. The Bertz CT molecular complexity index is 766. The van der Waals surface area contributed by atoms with E-state index >= 15 is 0 Å². The van der Waals surface area contributed by atoms with Crippen LogP contribution in [0, 0.1) is 10.8 Å². The molecule has 0 saturated carbocycles. The van der Waals surface area contributed by atoms with Gasteiger partial charge in [0, 0.05) is 12.1 Å². The van der Waals surface area contributed by atoms with Crippen molar-refractivity contribution in [2.45, 2.75) is 19.3 Å². The molecule has 0 aromatic heterocycles. The van der Waals surface area contributed by atoms with Gasteiger partial charge >= 0.3 is 0 Å². The van der Waals surface area contributed by atoms with Crippen molar-refractivity contribution in [1.82, 2.24) is 0 Å². The molecule has 8 N–H and O–H groups in total. The minimum absolute atomic E-state index is 0. The first-order chi connectivity index (χ1) is 12.9. The summed E-state index contributed by atoms with van der Waals surface area (Å²) in [7, 11) is 0. The zero-order valence-electron chi connectivity index (χ0n) is 15.7. The van der Waals surface area contributed by atoms with E-state index < -0.39 is 0 Å². The number of nitrogens with one attached hydrogen (secondary N) is 2. The number of hydrogen-bond donors (Lipinski definition) is 6. The maximum absolute atomic E-state index is 9.76. The van der Waals surface area contributed by atoms with E-state index in [1.165, 1.54) is 12.1 Å². The maximum Gasteiger partial charge on any atom is 0.130 e. The molecule has 0 atom stereocenters. The largest absolute Gasteiger partial charge is 0.507 e. The van der Waals surface area contributed by atoms with Crippen molar-refractivity contribution in [2.24, 2.45) is 11.5 Å². The zero-order chi connectivity index (χ0) is 19.8. The number of nitrogens with two attached hydrogens (primary N) is 2. The van der Waals surface area contributed by atoms with Crippen LogP contribution in [0.15, 0.2) is 36.4 Å². The van der Waals surface area contributed by atoms with Crippen LogP contribution < -0.4 is 20.9 Å². The third kappa shape index (κ3) is 7.97. The van der Waals surface area contributed by atoms with Gasteiger partial charge in [0.25, 0.3) is 0 Å². The normalized spacial score (nSPS) is 9.66. The van der Waals surface area contributed by atoms with Crippen molar-refractivity contribution in [3.05, 3.63) is 47.5 Å². The summed E-state index contributed by atoms with van der Waals surface area (Å²) in [6.07, 6.45) is 2.51. The molecule has 0 saturated heterocycles. The van der Waals surface area contributed by atoms with Gasteiger partial charge in [0.2, 0.25) is 0 Å². The van der Waals surface area contributed by atoms with Crippen LogP contribution >= 0.6 is 24.8 Å². The summed E-state index contributed by atoms with van der Waals surface area (Å²) in [5.74, 6) is 0.510. The van der Waals surface area contributed by atoms with Crippen molar-refractivity contribution in [3.8, 4) is 23.0 Å². The number of rotatable bonds is 10. The monoisotopic (exact) mass is 444 g/mol. The molecule has 0 spiro atoms. The fourth-order valence-corrected chi connectivity index (χ4v) is 2.42. The highest BCUT2D eigenvalue weighted by Crippen LogP contribution is 2.24. The molecule has 29 heavy (non-hydrogen) atoms. The Balaban J connectivity index is 0.00000392. The topological polar surface area (TPSA) is 159 Å². The van der Waals surface area contributed by atoms with E-state index in [1.54, 1.807) is 24.3 Å². The van der Waals surface area contributed by atoms with Gasteiger partial charge in [-0.2, -0.15) is 0 Å². The van der Waals surface area contributed by atoms with Crippen LogP contribution in [0.3, 0.4) is 0 Å². The van der Waals surface area contributed by atoms with Crippen molar-refractivity contribution < 1.29 is 19.7 Å². The smallest absolute Gasteiger partial charge is 0.130 e. The fourth-order valence-electron chi connectivity index (χ4n) is 2.42. The molecule has 10 heteroatoms. The lowest BCUT2D eigenvalue weighted by molar-refractivity contribution is 0.278. The molecule has 2 rings (SSSR count). The molecule has 0 aliphatic heterocycles. The number of hydrogen-bond acceptors (Lipinski definition) is 6. The summed E-state index contributed by atoms with van der Waals surface area (Å²) in [6.45, 7) is 0.986. The van der Waals surface area contributed by atoms with Gasteiger partial charge in [0.05, 0.1) is 24.3 Å². The minimum atomic E-state index is -0.191. The van der Waals surface area contributed by atoms with E-state index in [4.69, 9.17) is 31.8 Å². The van der Waals surface area contributed by atoms with Crippen LogP contribution in [-0.4, -0.2) is 35.1 Å². The number of phenolic OH excluding ortho intramolecular Hbond substituents is 2. The first-order valence-corrected chi connectivity index (χ1v) is 8.49. The van der Waals surface area contributed by atoms with E-state index in [2.05, 4.69) is 0 Å². The summed E-state index contributed by atoms with van der Waals surface area (Å²) < 4.78 is 11.1. The number of amidine groups is 2. The van der Waals surface area contributed by atoms with Crippen LogP contribution in [0.25, 0.3) is 0 Å². The van der Waals surface area contributed by atoms with E-state index in [1.807, 2.05) is 0 Å². The van der Waals surface area contributed by atoms with Gasteiger partial charge in [-0.1, -0.05) is 0 Å². The second kappa shape index (κ2) is 12.6. The molecule has 0 unspecified atom stereocenters. The van der Waals surface area contributed by atoms with Crippen LogP contribution in [0.4, 0.5) is 0 Å². The Kier molecular flexibility index (Phi) is 11.4. The highest BCUT2D eigenvalue weighted by Gasteiger charge is 2.07. The number of unbranched alkanes of at least 4 members (excludes halogenated alkanes) is 2. The van der Waals surface area contributed by atoms with Crippen molar-refractivity contribution in [1.29, 1.82) is 10.8 Å². The molecule has 2 aromatic carbocycles. The summed E-state index contributed by atoms with van der Waals surface area (Å²) in [6, 6.07) is 9.31. The van der Waals surface area contributed by atoms with E-state index in [0.717, 1.165) is 19.3 Å². The van der Waals surface area contributed by atoms with Gasteiger partial charge in [0.1, 0.15) is 34.7 Å². The van der Waals surface area contributed by atoms with Gasteiger partial charge in [0.15, 0.2) is 0 Å². The van der Waals surface area contributed by atoms with Gasteiger partial charge in [-0.15, -0.1) is 24.8 Å². The number of benzene rings is 2. The van der Waals surface area contributed by atoms with Crippen LogP contribution in [0.1, 0.15) is 30.4 Å². The summed E-state index contributed by atoms with van der Waals surface area (Å²) in [5, 5.41) is 34.1. The predicted octanol–water partition coefficient (Wildman–Crippen LogP) is 3.14. The lowest BCUT2D eigenvalue weighted by atomic mass is 10.2. The average molecular weight is 445 g/mol. The van der Waals surface area contributed by atoms with Gasteiger partial charge in [-0.25, -0.2) is 0 Å². The van der Waals surface area contributed by atoms with E-state index in [0.29, 0.717) is 24.7 Å². The van der Waals surface area contributed by atoms with Crippen molar-refractivity contribution in [2.75, 3.05) is 13.2 Å². The molecule has 0 aliphatic carbocycles. The van der Waals surface area contributed by atoms with Crippen molar-refractivity contribution >= 4 is 36.5 Å². The molecule has 0 bridgehead atoms. The lowest BCUT2D eigenvalue weighted by Gasteiger charge is -2.10. The first-order valence-electron chi connectivity index (χ1n) is 8.49. The number of aromatic hydroxyl groups is 2. The number of phenols is 2. The summed E-state index contributed by atoms with van der Waals surface area (Å²) in [4.78, 5) is 0. The first kappa shape index (κ1) is 26.2. The van der Waals surface area contributed by atoms with E-state index in [-0.39, 0.29) is 59.1 Å². The second-order valence-corrected chi connectivity index (χ2v) is 5.94. The SMILES string of the molecule is Cl.Cl.N=C(N)c1ccc(OCCCCCOc2ccc(C(=N)N)c(O)c2)cc1O. The highest BCUT2D eigenvalue weighted by atomic mass is 35.5. The third-order valence-corrected chi connectivity index (χ3v) is 3.84. The Morgan fingerprint density at radius 1 is 0.724 bits per heavy atom. The Hall–Kier alpha value is -2.84. The quantitative estimate of drug-likeness (QED) is 0.187. The number of ether oxygens (including phenoxy) is 2. The second-order valence-electron chi connectivity index (χ2n) is 5.94. The van der Waals surface area contributed by atoms with Gasteiger partial charge < -0.3 is 31.2 Å². The Labute approximate surface area is 181 Å². The van der Waals surface area contributed by atoms with Gasteiger partial charge in [-0.05, 0) is 43.5 Å². The van der Waals surface area contributed by atoms with E-state index in [9.17, 15) is 10.2 Å². The third-order valence-electron chi connectivity index (χ3n) is 3.84. The molecule has 160 valence electrons. The summed E-state index contributed by atoms with van der Waals surface area (Å²) in [5.41, 5.74) is 11.2. The zero-order valence-corrected chi connectivity index (χ0v) is 17.3. The average Bonchev–Trinajstić information content (AvgIpc) is 2.60. The number of halogens is 2. The fraction of sp³-hybridized carbons (Fsp3) is 0.263. The molecule has 0 fully saturated rings. The molecule has 0 amide bonds. The Morgan fingerprint density at radius 3 is 1.41 bits per heavy atom. The van der Waals surface area contributed by atoms with Gasteiger partial charge in [-0.3, -0.25) is 10.8 Å². The van der Waals surface area contributed by atoms with Crippen LogP contribution in [0.2, 0.25) is 0 Å².